The Kier molecular flexibility index (Phi) is 6.55. The minimum atomic E-state index is -1.03. The number of hydrogen-bond acceptors (Lipinski definition) is 4. The number of amides is 1. The third kappa shape index (κ3) is 6.18. The van der Waals surface area contributed by atoms with Gasteiger partial charge in [-0.05, 0) is 31.6 Å². The van der Waals surface area contributed by atoms with Crippen molar-refractivity contribution in [2.75, 3.05) is 20.2 Å². The van der Waals surface area contributed by atoms with Gasteiger partial charge in [-0.25, -0.2) is 4.79 Å². The number of likely N-dealkylation sites (N-methyl/N-ethyl adjacent to an activating group) is 1. The molecule has 1 rings (SSSR count). The van der Waals surface area contributed by atoms with Gasteiger partial charge in [0.2, 0.25) is 0 Å². The Morgan fingerprint density at radius 2 is 2.14 bits per heavy atom. The summed E-state index contributed by atoms with van der Waals surface area (Å²) in [4.78, 5) is 28.1. The molecule has 0 saturated carbocycles. The fourth-order valence-electron chi connectivity index (χ4n) is 1.52. The molecule has 1 aromatic heterocycles. The van der Waals surface area contributed by atoms with Gasteiger partial charge in [-0.1, -0.05) is 6.07 Å². The Morgan fingerprint density at radius 3 is 2.67 bits per heavy atom. The second-order valence-electron chi connectivity index (χ2n) is 4.79. The van der Waals surface area contributed by atoms with Crippen molar-refractivity contribution < 1.29 is 19.4 Å². The summed E-state index contributed by atoms with van der Waals surface area (Å²) in [6.07, 6.45) is 4.04. The molecule has 0 radical (unpaired) electrons. The number of nitrogens with zero attached hydrogens (tertiary/aromatic N) is 2. The smallest absolute Gasteiger partial charge is 0.328 e. The van der Waals surface area contributed by atoms with Crippen molar-refractivity contribution in [3.8, 4) is 0 Å². The van der Waals surface area contributed by atoms with Crippen molar-refractivity contribution in [2.24, 2.45) is 0 Å². The van der Waals surface area contributed by atoms with Crippen molar-refractivity contribution in [3.05, 3.63) is 35.7 Å². The molecule has 1 N–H and O–H groups in total. The van der Waals surface area contributed by atoms with Crippen molar-refractivity contribution in [2.45, 2.75) is 20.0 Å². The van der Waals surface area contributed by atoms with E-state index in [0.717, 1.165) is 6.08 Å². The van der Waals surface area contributed by atoms with Gasteiger partial charge < -0.3 is 14.7 Å². The summed E-state index contributed by atoms with van der Waals surface area (Å²) in [5.41, 5.74) is 0.939. The number of carboxylic acids is 1. The number of ether oxygens (including phenoxy) is 1. The van der Waals surface area contributed by atoms with Gasteiger partial charge in [0, 0.05) is 25.9 Å². The zero-order valence-electron chi connectivity index (χ0n) is 12.4. The van der Waals surface area contributed by atoms with Crippen LogP contribution in [0.15, 0.2) is 24.4 Å². The molecule has 0 fully saturated rings. The minimum Gasteiger partial charge on any atom is -0.478 e. The summed E-state index contributed by atoms with van der Waals surface area (Å²) in [5.74, 6) is -1.23. The summed E-state index contributed by atoms with van der Waals surface area (Å²) >= 11 is 0. The van der Waals surface area contributed by atoms with Crippen molar-refractivity contribution >= 4 is 18.0 Å². The molecule has 1 aromatic rings. The number of hydrogen-bond donors (Lipinski definition) is 1. The molecule has 0 unspecified atom stereocenters. The van der Waals surface area contributed by atoms with Crippen LogP contribution in [0.4, 0.5) is 0 Å². The van der Waals surface area contributed by atoms with E-state index in [1.807, 2.05) is 13.8 Å². The fourth-order valence-corrected chi connectivity index (χ4v) is 1.52. The minimum absolute atomic E-state index is 0.131. The summed E-state index contributed by atoms with van der Waals surface area (Å²) in [6.45, 7) is 4.83. The largest absolute Gasteiger partial charge is 0.478 e. The number of aromatic nitrogens is 1. The third-order valence-corrected chi connectivity index (χ3v) is 2.65. The van der Waals surface area contributed by atoms with Crippen LogP contribution in [-0.4, -0.2) is 53.2 Å². The Hall–Kier alpha value is -2.21. The molecule has 0 aliphatic rings. The first-order valence-corrected chi connectivity index (χ1v) is 6.64. The van der Waals surface area contributed by atoms with Crippen LogP contribution >= 0.6 is 0 Å². The number of rotatable bonds is 7. The average molecular weight is 292 g/mol. The second kappa shape index (κ2) is 8.16. The van der Waals surface area contributed by atoms with Gasteiger partial charge >= 0.3 is 5.97 Å². The van der Waals surface area contributed by atoms with Gasteiger partial charge in [0.1, 0.15) is 5.69 Å². The Balaban J connectivity index is 2.60. The van der Waals surface area contributed by atoms with Gasteiger partial charge in [0.05, 0.1) is 12.7 Å². The van der Waals surface area contributed by atoms with E-state index in [-0.39, 0.29) is 12.0 Å². The van der Waals surface area contributed by atoms with Crippen LogP contribution < -0.4 is 0 Å². The van der Waals surface area contributed by atoms with Crippen LogP contribution in [0.2, 0.25) is 0 Å². The third-order valence-electron chi connectivity index (χ3n) is 2.65. The summed E-state index contributed by atoms with van der Waals surface area (Å²) in [5, 5.41) is 8.53. The predicted octanol–water partition coefficient (Wildman–Crippen LogP) is 1.68. The molecule has 0 aliphatic heterocycles. The van der Waals surface area contributed by atoms with E-state index in [1.165, 1.54) is 17.2 Å². The Morgan fingerprint density at radius 1 is 1.43 bits per heavy atom. The lowest BCUT2D eigenvalue weighted by atomic mass is 10.2. The lowest BCUT2D eigenvalue weighted by Crippen LogP contribution is -2.31. The normalized spacial score (nSPS) is 11.0. The lowest BCUT2D eigenvalue weighted by Gasteiger charge is -2.17. The molecule has 0 aromatic carbocycles. The highest BCUT2D eigenvalue weighted by Gasteiger charge is 2.12. The number of carbonyl (C=O) groups is 2. The summed E-state index contributed by atoms with van der Waals surface area (Å²) < 4.78 is 5.39. The fraction of sp³-hybridized carbons (Fsp3) is 0.400. The number of aliphatic carboxylic acids is 1. The van der Waals surface area contributed by atoms with E-state index in [1.54, 1.807) is 19.2 Å². The van der Waals surface area contributed by atoms with Gasteiger partial charge in [-0.15, -0.1) is 0 Å². The van der Waals surface area contributed by atoms with E-state index in [9.17, 15) is 9.59 Å². The molecule has 114 valence electrons. The molecule has 0 atom stereocenters. The van der Waals surface area contributed by atoms with Crippen molar-refractivity contribution in [3.63, 3.8) is 0 Å². The molecule has 6 nitrogen and oxygen atoms in total. The standard InChI is InChI=1S/C15H20N2O4/c1-11(2)21-9-8-17(3)15(20)13-6-4-12(10-16-13)5-7-14(18)19/h4-7,10-11H,8-9H2,1-3H3,(H,18,19)/b7-5+. The molecule has 1 heterocycles. The van der Waals surface area contributed by atoms with E-state index in [0.29, 0.717) is 24.4 Å². The lowest BCUT2D eigenvalue weighted by molar-refractivity contribution is -0.131. The van der Waals surface area contributed by atoms with Crippen LogP contribution in [0.1, 0.15) is 29.9 Å². The van der Waals surface area contributed by atoms with Crippen LogP contribution in [0.25, 0.3) is 6.08 Å². The first kappa shape index (κ1) is 16.8. The van der Waals surface area contributed by atoms with Gasteiger partial charge in [0.25, 0.3) is 5.91 Å². The average Bonchev–Trinajstić information content (AvgIpc) is 2.44. The van der Waals surface area contributed by atoms with E-state index in [4.69, 9.17) is 9.84 Å². The monoisotopic (exact) mass is 292 g/mol. The highest BCUT2D eigenvalue weighted by atomic mass is 16.5. The zero-order chi connectivity index (χ0) is 15.8. The van der Waals surface area contributed by atoms with E-state index < -0.39 is 5.97 Å². The Bertz CT molecular complexity index is 509. The van der Waals surface area contributed by atoms with Crippen LogP contribution in [-0.2, 0) is 9.53 Å². The summed E-state index contributed by atoms with van der Waals surface area (Å²) in [6, 6.07) is 3.22. The van der Waals surface area contributed by atoms with Crippen molar-refractivity contribution in [1.29, 1.82) is 0 Å². The quantitative estimate of drug-likeness (QED) is 0.773. The Labute approximate surface area is 124 Å². The molecule has 0 aliphatic carbocycles. The van der Waals surface area contributed by atoms with Crippen molar-refractivity contribution in [1.82, 2.24) is 9.88 Å². The molecule has 1 amide bonds. The van der Waals surface area contributed by atoms with Crippen LogP contribution in [0, 0.1) is 0 Å². The molecule has 6 heteroatoms. The maximum atomic E-state index is 12.1. The second-order valence-corrected chi connectivity index (χ2v) is 4.79. The first-order valence-electron chi connectivity index (χ1n) is 6.64. The van der Waals surface area contributed by atoms with Gasteiger partial charge in [-0.2, -0.15) is 0 Å². The number of carbonyl (C=O) groups excluding carboxylic acids is 1. The van der Waals surface area contributed by atoms with Crippen LogP contribution in [0.3, 0.4) is 0 Å². The molecule has 0 saturated heterocycles. The highest BCUT2D eigenvalue weighted by Crippen LogP contribution is 2.05. The maximum absolute atomic E-state index is 12.1. The predicted molar refractivity (Wildman–Crippen MR) is 79.0 cm³/mol. The molecule has 0 bridgehead atoms. The van der Waals surface area contributed by atoms with Gasteiger partial charge in [0.15, 0.2) is 0 Å². The highest BCUT2D eigenvalue weighted by molar-refractivity contribution is 5.92. The molecule has 0 spiro atoms. The zero-order valence-corrected chi connectivity index (χ0v) is 12.4. The maximum Gasteiger partial charge on any atom is 0.328 e. The number of pyridine rings is 1. The topological polar surface area (TPSA) is 79.7 Å². The SMILES string of the molecule is CC(C)OCCN(C)C(=O)c1ccc(/C=C/C(=O)O)cn1. The van der Waals surface area contributed by atoms with E-state index in [2.05, 4.69) is 4.98 Å². The first-order chi connectivity index (χ1) is 9.90. The number of carboxylic acid groups (broad SMARTS) is 1. The molecular formula is C15H20N2O4. The van der Waals surface area contributed by atoms with Crippen LogP contribution in [0.5, 0.6) is 0 Å². The van der Waals surface area contributed by atoms with E-state index >= 15 is 0 Å². The molecular weight excluding hydrogens is 272 g/mol. The summed E-state index contributed by atoms with van der Waals surface area (Å²) in [7, 11) is 1.69. The molecule has 21 heavy (non-hydrogen) atoms. The van der Waals surface area contributed by atoms with Gasteiger partial charge in [-0.3, -0.25) is 9.78 Å².